The maximum Gasteiger partial charge on any atom is 0.110 e. The molecule has 0 aliphatic carbocycles. The van der Waals surface area contributed by atoms with E-state index in [9.17, 15) is 4.91 Å². The maximum absolute atomic E-state index is 9.57. The Morgan fingerprint density at radius 1 is 1.88 bits per heavy atom. The third-order valence-corrected chi connectivity index (χ3v) is 2.34. The highest BCUT2D eigenvalue weighted by atomic mass is 127. The lowest BCUT2D eigenvalue weighted by Crippen LogP contribution is -2.29. The molecule has 1 atom stereocenters. The van der Waals surface area contributed by atoms with Gasteiger partial charge in [-0.25, -0.2) is 0 Å². The number of nitroso groups, excluding NO2 is 1. The standard InChI is InChI=1S/C4H8INO2/c1-4(7,2-5)3-6-8/h7H,2-3H2,1H3. The van der Waals surface area contributed by atoms with E-state index in [1.165, 1.54) is 0 Å². The van der Waals surface area contributed by atoms with Gasteiger partial charge in [-0.2, -0.15) is 4.91 Å². The van der Waals surface area contributed by atoms with E-state index in [4.69, 9.17) is 5.11 Å². The van der Waals surface area contributed by atoms with Gasteiger partial charge in [0, 0.05) is 4.43 Å². The second-order valence-corrected chi connectivity index (χ2v) is 2.68. The average molecular weight is 229 g/mol. The van der Waals surface area contributed by atoms with Gasteiger partial charge in [-0.3, -0.25) is 0 Å². The molecule has 0 aromatic heterocycles. The number of hydrogen-bond acceptors (Lipinski definition) is 3. The second-order valence-electron chi connectivity index (χ2n) is 1.92. The number of halogens is 1. The molecule has 0 radical (unpaired) electrons. The first-order valence-corrected chi connectivity index (χ1v) is 3.72. The molecule has 8 heavy (non-hydrogen) atoms. The molecule has 0 spiro atoms. The largest absolute Gasteiger partial charge is 0.387 e. The van der Waals surface area contributed by atoms with Gasteiger partial charge in [0.15, 0.2) is 0 Å². The maximum atomic E-state index is 9.57. The van der Waals surface area contributed by atoms with E-state index < -0.39 is 5.60 Å². The summed E-state index contributed by atoms with van der Waals surface area (Å²) in [6.45, 7) is 1.57. The minimum absolute atomic E-state index is 0.0179. The zero-order valence-corrected chi connectivity index (χ0v) is 6.75. The van der Waals surface area contributed by atoms with Gasteiger partial charge in [-0.05, 0) is 6.92 Å². The highest BCUT2D eigenvalue weighted by molar-refractivity contribution is 14.1. The highest BCUT2D eigenvalue weighted by Crippen LogP contribution is 2.06. The van der Waals surface area contributed by atoms with Crippen molar-refractivity contribution in [3.63, 3.8) is 0 Å². The summed E-state index contributed by atoms with van der Waals surface area (Å²) < 4.78 is 0.538. The van der Waals surface area contributed by atoms with E-state index in [0.717, 1.165) is 0 Å². The van der Waals surface area contributed by atoms with Crippen molar-refractivity contribution in [2.75, 3.05) is 11.0 Å². The molecule has 48 valence electrons. The van der Waals surface area contributed by atoms with Gasteiger partial charge in [0.05, 0.1) is 5.60 Å². The fourth-order valence-electron chi connectivity index (χ4n) is 0.181. The van der Waals surface area contributed by atoms with Crippen LogP contribution in [0.5, 0.6) is 0 Å². The lowest BCUT2D eigenvalue weighted by atomic mass is 10.1. The van der Waals surface area contributed by atoms with Gasteiger partial charge in [-0.15, -0.1) is 0 Å². The van der Waals surface area contributed by atoms with Crippen molar-refractivity contribution in [1.29, 1.82) is 0 Å². The third-order valence-electron chi connectivity index (χ3n) is 0.693. The monoisotopic (exact) mass is 229 g/mol. The van der Waals surface area contributed by atoms with Crippen molar-refractivity contribution < 1.29 is 5.11 Å². The Morgan fingerprint density at radius 2 is 2.38 bits per heavy atom. The predicted octanol–water partition coefficient (Wildman–Crippen LogP) is 0.939. The van der Waals surface area contributed by atoms with E-state index in [1.807, 2.05) is 22.6 Å². The first-order chi connectivity index (χ1) is 3.62. The molecule has 0 aromatic rings. The fourth-order valence-corrected chi connectivity index (χ4v) is 0.423. The van der Waals surface area contributed by atoms with Crippen molar-refractivity contribution in [1.82, 2.24) is 0 Å². The summed E-state index contributed by atoms with van der Waals surface area (Å²) in [6.07, 6.45) is 0. The Kier molecular flexibility index (Phi) is 3.46. The van der Waals surface area contributed by atoms with E-state index in [2.05, 4.69) is 5.18 Å². The molecule has 1 N–H and O–H groups in total. The van der Waals surface area contributed by atoms with Crippen LogP contribution in [0.2, 0.25) is 0 Å². The van der Waals surface area contributed by atoms with Gasteiger partial charge in [-0.1, -0.05) is 27.8 Å². The highest BCUT2D eigenvalue weighted by Gasteiger charge is 2.17. The van der Waals surface area contributed by atoms with Gasteiger partial charge in [0.1, 0.15) is 6.54 Å². The summed E-state index contributed by atoms with van der Waals surface area (Å²) in [5.74, 6) is 0. The normalized spacial score (nSPS) is 17.4. The summed E-state index contributed by atoms with van der Waals surface area (Å²) >= 11 is 2.00. The topological polar surface area (TPSA) is 49.7 Å². The lowest BCUT2D eigenvalue weighted by molar-refractivity contribution is 0.0983. The molecule has 0 heterocycles. The van der Waals surface area contributed by atoms with Crippen LogP contribution in [0.3, 0.4) is 0 Å². The first kappa shape index (κ1) is 8.29. The number of nitrogens with zero attached hydrogens (tertiary/aromatic N) is 1. The predicted molar refractivity (Wildman–Crippen MR) is 40.2 cm³/mol. The fraction of sp³-hybridized carbons (Fsp3) is 1.00. The summed E-state index contributed by atoms with van der Waals surface area (Å²) in [5.41, 5.74) is -0.900. The van der Waals surface area contributed by atoms with Crippen LogP contribution in [0.25, 0.3) is 0 Å². The van der Waals surface area contributed by atoms with Gasteiger partial charge < -0.3 is 5.11 Å². The molecule has 0 saturated carbocycles. The Morgan fingerprint density at radius 3 is 2.50 bits per heavy atom. The van der Waals surface area contributed by atoms with Gasteiger partial charge in [0.2, 0.25) is 0 Å². The molecule has 0 saturated heterocycles. The zero-order valence-electron chi connectivity index (χ0n) is 4.59. The Labute approximate surface area is 61.6 Å². The Hall–Kier alpha value is 0.290. The van der Waals surface area contributed by atoms with Crippen LogP contribution in [0.15, 0.2) is 5.18 Å². The Bertz CT molecular complexity index is 84.1. The van der Waals surface area contributed by atoms with Crippen LogP contribution in [0.4, 0.5) is 0 Å². The van der Waals surface area contributed by atoms with E-state index >= 15 is 0 Å². The molecule has 0 aromatic carbocycles. The summed E-state index contributed by atoms with van der Waals surface area (Å²) in [6, 6.07) is 0. The van der Waals surface area contributed by atoms with Crippen LogP contribution in [0, 0.1) is 4.91 Å². The minimum Gasteiger partial charge on any atom is -0.387 e. The van der Waals surface area contributed by atoms with Crippen molar-refractivity contribution in [3.05, 3.63) is 4.91 Å². The molecule has 3 nitrogen and oxygen atoms in total. The smallest absolute Gasteiger partial charge is 0.110 e. The second kappa shape index (κ2) is 3.34. The van der Waals surface area contributed by atoms with Gasteiger partial charge in [0.25, 0.3) is 0 Å². The van der Waals surface area contributed by atoms with Crippen molar-refractivity contribution in [3.8, 4) is 0 Å². The molecule has 0 fully saturated rings. The number of aliphatic hydroxyl groups is 1. The van der Waals surface area contributed by atoms with E-state index in [-0.39, 0.29) is 6.54 Å². The Balaban J connectivity index is 3.53. The zero-order chi connectivity index (χ0) is 6.62. The molecule has 0 rings (SSSR count). The molecule has 0 aliphatic heterocycles. The summed E-state index contributed by atoms with van der Waals surface area (Å²) in [5, 5.41) is 11.6. The molecule has 0 aliphatic rings. The summed E-state index contributed by atoms with van der Waals surface area (Å²) in [7, 11) is 0. The molecular weight excluding hydrogens is 221 g/mol. The SMILES string of the molecule is CC(O)(CI)CN=O. The van der Waals surface area contributed by atoms with Crippen LogP contribution in [-0.2, 0) is 0 Å². The van der Waals surface area contributed by atoms with E-state index in [1.54, 1.807) is 6.92 Å². The average Bonchev–Trinajstić information content (AvgIpc) is 1.67. The molecule has 1 unspecified atom stereocenters. The van der Waals surface area contributed by atoms with Gasteiger partial charge >= 0.3 is 0 Å². The minimum atomic E-state index is -0.900. The van der Waals surface area contributed by atoms with Crippen molar-refractivity contribution in [2.24, 2.45) is 5.18 Å². The molecule has 0 bridgehead atoms. The van der Waals surface area contributed by atoms with Crippen molar-refractivity contribution in [2.45, 2.75) is 12.5 Å². The third kappa shape index (κ3) is 3.31. The molecule has 0 amide bonds. The number of hydrogen-bond donors (Lipinski definition) is 1. The number of rotatable bonds is 3. The lowest BCUT2D eigenvalue weighted by Gasteiger charge is -2.14. The molecular formula is C4H8INO2. The first-order valence-electron chi connectivity index (χ1n) is 2.20. The molecule has 4 heteroatoms. The number of alkyl halides is 1. The van der Waals surface area contributed by atoms with Crippen LogP contribution in [0.1, 0.15) is 6.92 Å². The summed E-state index contributed by atoms with van der Waals surface area (Å²) in [4.78, 5) is 9.57. The van der Waals surface area contributed by atoms with Crippen LogP contribution in [-0.4, -0.2) is 21.7 Å². The van der Waals surface area contributed by atoms with Crippen molar-refractivity contribution >= 4 is 22.6 Å². The van der Waals surface area contributed by atoms with Crippen LogP contribution < -0.4 is 0 Å². The van der Waals surface area contributed by atoms with Crippen LogP contribution >= 0.6 is 22.6 Å². The quantitative estimate of drug-likeness (QED) is 0.444. The van der Waals surface area contributed by atoms with E-state index in [0.29, 0.717) is 4.43 Å².